The van der Waals surface area contributed by atoms with Gasteiger partial charge >= 0.3 is 5.97 Å². The molecule has 0 amide bonds. The average Bonchev–Trinajstić information content (AvgIpc) is 2.82. The van der Waals surface area contributed by atoms with Gasteiger partial charge in [0.2, 0.25) is 6.29 Å². The van der Waals surface area contributed by atoms with E-state index in [0.29, 0.717) is 23.9 Å². The fourth-order valence-electron chi connectivity index (χ4n) is 3.32. The Hall–Kier alpha value is -0.500. The van der Waals surface area contributed by atoms with E-state index >= 15 is 0 Å². The molecule has 216 valence electrons. The van der Waals surface area contributed by atoms with Crippen molar-refractivity contribution in [2.75, 3.05) is 47.5 Å². The summed E-state index contributed by atoms with van der Waals surface area (Å²) in [6, 6.07) is 0. The first-order valence-electron chi connectivity index (χ1n) is 15.7. The zero-order valence-electron chi connectivity index (χ0n) is 27.6. The van der Waals surface area contributed by atoms with Crippen LogP contribution in [0.25, 0.3) is 0 Å². The molecule has 0 radical (unpaired) electrons. The number of carbonyl (C=O) groups is 1. The molecule has 0 aliphatic rings. The van der Waals surface area contributed by atoms with E-state index in [1.165, 1.54) is 19.8 Å². The van der Waals surface area contributed by atoms with Gasteiger partial charge in [-0.1, -0.05) is 103 Å². The number of hydrogen-bond acceptors (Lipinski definition) is 7. The van der Waals surface area contributed by atoms with Gasteiger partial charge in [-0.15, -0.1) is 0 Å². The SMILES string of the molecule is [2H]C([2H])(CCCCCCCC)C([2H])([2H])CCCCCCCCO[C@H](COP(=O)([O-])OCC[N+](C)(C)C)OC(C)=O. The summed E-state index contributed by atoms with van der Waals surface area (Å²) in [7, 11) is 1.17. The minimum absolute atomic E-state index is 0.0276. The smallest absolute Gasteiger partial charge is 0.305 e. The van der Waals surface area contributed by atoms with Crippen LogP contribution in [0.3, 0.4) is 0 Å². The monoisotopic (exact) mass is 541 g/mol. The van der Waals surface area contributed by atoms with Crippen molar-refractivity contribution in [3.63, 3.8) is 0 Å². The molecule has 0 aromatic rings. The molecule has 0 aromatic heterocycles. The average molecular weight is 542 g/mol. The van der Waals surface area contributed by atoms with Crippen LogP contribution in [0, 0.1) is 0 Å². The second kappa shape index (κ2) is 22.5. The Morgan fingerprint density at radius 2 is 1.33 bits per heavy atom. The molecule has 0 aromatic carbocycles. The van der Waals surface area contributed by atoms with E-state index in [9.17, 15) is 14.3 Å². The van der Waals surface area contributed by atoms with Gasteiger partial charge in [0.1, 0.15) is 19.8 Å². The molecular weight excluding hydrogens is 481 g/mol. The first kappa shape index (κ1) is 28.5. The van der Waals surface area contributed by atoms with Crippen LogP contribution in [0.1, 0.15) is 122 Å². The quantitative estimate of drug-likeness (QED) is 0.0413. The molecule has 0 rings (SSSR count). The molecule has 0 N–H and O–H groups in total. The molecule has 0 fully saturated rings. The van der Waals surface area contributed by atoms with Crippen molar-refractivity contribution in [1.29, 1.82) is 0 Å². The van der Waals surface area contributed by atoms with Crippen molar-refractivity contribution < 1.29 is 42.7 Å². The second-order valence-electron chi connectivity index (χ2n) is 10.2. The molecule has 9 heteroatoms. The Morgan fingerprint density at radius 1 is 0.833 bits per heavy atom. The van der Waals surface area contributed by atoms with Crippen molar-refractivity contribution in [1.82, 2.24) is 0 Å². The van der Waals surface area contributed by atoms with E-state index in [0.717, 1.165) is 51.4 Å². The normalized spacial score (nSPS) is 16.9. The number of phosphoric acid groups is 1. The molecule has 8 nitrogen and oxygen atoms in total. The van der Waals surface area contributed by atoms with Crippen LogP contribution in [0.15, 0.2) is 0 Å². The van der Waals surface area contributed by atoms with Gasteiger partial charge < -0.3 is 27.9 Å². The Morgan fingerprint density at radius 3 is 1.83 bits per heavy atom. The Bertz CT molecular complexity index is 723. The topological polar surface area (TPSA) is 94.1 Å². The molecule has 0 saturated heterocycles. The second-order valence-corrected chi connectivity index (χ2v) is 11.7. The van der Waals surface area contributed by atoms with Gasteiger partial charge in [-0.05, 0) is 6.42 Å². The van der Waals surface area contributed by atoms with Crippen LogP contribution in [0.4, 0.5) is 0 Å². The number of quaternary nitrogens is 1. The summed E-state index contributed by atoms with van der Waals surface area (Å²) in [5.41, 5.74) is 0. The predicted molar refractivity (Wildman–Crippen MR) is 143 cm³/mol. The van der Waals surface area contributed by atoms with Crippen LogP contribution in [0.2, 0.25) is 0 Å². The van der Waals surface area contributed by atoms with Crippen LogP contribution in [-0.2, 0) is 27.9 Å². The number of phosphoric ester groups is 1. The highest BCUT2D eigenvalue weighted by molar-refractivity contribution is 7.45. The number of unbranched alkanes of at least 4 members (excludes halogenated alkanes) is 10. The number of ether oxygens (including phenoxy) is 2. The lowest BCUT2D eigenvalue weighted by atomic mass is 10.0. The van der Waals surface area contributed by atoms with E-state index < -0.39 is 39.4 Å². The Balaban J connectivity index is 4.14. The van der Waals surface area contributed by atoms with Crippen molar-refractivity contribution in [3.05, 3.63) is 0 Å². The fraction of sp³-hybridized carbons (Fsp3) is 0.963. The van der Waals surface area contributed by atoms with Gasteiger partial charge in [0, 0.05) is 12.4 Å². The van der Waals surface area contributed by atoms with Gasteiger partial charge in [0.15, 0.2) is 0 Å². The number of hydrogen-bond donors (Lipinski definition) is 0. The Kier molecular flexibility index (Phi) is 17.8. The van der Waals surface area contributed by atoms with Crippen molar-refractivity contribution in [3.8, 4) is 0 Å². The van der Waals surface area contributed by atoms with Gasteiger partial charge in [0.25, 0.3) is 7.82 Å². The van der Waals surface area contributed by atoms with Crippen molar-refractivity contribution >= 4 is 13.8 Å². The minimum atomic E-state index is -4.55. The molecule has 2 atom stereocenters. The summed E-state index contributed by atoms with van der Waals surface area (Å²) in [6.45, 7) is 3.58. The maximum atomic E-state index is 12.0. The highest BCUT2D eigenvalue weighted by Crippen LogP contribution is 2.38. The largest absolute Gasteiger partial charge is 0.756 e. The first-order chi connectivity index (χ1) is 18.5. The summed E-state index contributed by atoms with van der Waals surface area (Å²) >= 11 is 0. The molecule has 0 heterocycles. The number of likely N-dealkylation sites (N-methyl/N-ethyl adjacent to an activating group) is 1. The van der Waals surface area contributed by atoms with Crippen LogP contribution >= 0.6 is 7.82 Å². The number of carbonyl (C=O) groups excluding carboxylic acids is 1. The van der Waals surface area contributed by atoms with Crippen molar-refractivity contribution in [2.24, 2.45) is 0 Å². The van der Waals surface area contributed by atoms with E-state index in [1.807, 2.05) is 21.1 Å². The molecule has 0 aliphatic carbocycles. The van der Waals surface area contributed by atoms with E-state index in [4.69, 9.17) is 24.0 Å². The zero-order valence-corrected chi connectivity index (χ0v) is 24.5. The summed E-state index contributed by atoms with van der Waals surface area (Å²) in [5, 5.41) is 0. The zero-order chi connectivity index (χ0) is 30.7. The standard InChI is InChI=1S/C27H56NO7P/c1-6-7-8-9-10-11-12-13-14-15-16-17-18-19-20-21-23-32-27(35-26(2)29)25-34-36(30,31)33-24-22-28(3,4)5/h27H,6-25H2,1-5H3/t27-/m0/s1/i13D2,14D2. The summed E-state index contributed by atoms with van der Waals surface area (Å²) in [6.07, 6.45) is 6.77. The molecular formula is C27H56NO7P. The van der Waals surface area contributed by atoms with Gasteiger partial charge in [-0.3, -0.25) is 9.36 Å². The summed E-state index contributed by atoms with van der Waals surface area (Å²) in [5.74, 6) is -0.614. The summed E-state index contributed by atoms with van der Waals surface area (Å²) < 4.78 is 65.6. The number of esters is 1. The molecule has 0 saturated carbocycles. The lowest BCUT2D eigenvalue weighted by molar-refractivity contribution is -0.870. The highest BCUT2D eigenvalue weighted by Gasteiger charge is 2.19. The van der Waals surface area contributed by atoms with Gasteiger partial charge in [-0.2, -0.15) is 0 Å². The van der Waals surface area contributed by atoms with Crippen LogP contribution < -0.4 is 4.89 Å². The Labute approximate surface area is 227 Å². The fourth-order valence-corrected chi connectivity index (χ4v) is 4.01. The van der Waals surface area contributed by atoms with E-state index in [1.54, 1.807) is 0 Å². The third-order valence-corrected chi connectivity index (χ3v) is 6.42. The first-order valence-corrected chi connectivity index (χ1v) is 15.2. The summed E-state index contributed by atoms with van der Waals surface area (Å²) in [4.78, 5) is 23.3. The molecule has 36 heavy (non-hydrogen) atoms. The molecule has 0 bridgehead atoms. The molecule has 1 unspecified atom stereocenters. The van der Waals surface area contributed by atoms with Crippen molar-refractivity contribution in [2.45, 2.75) is 123 Å². The number of nitrogens with zero attached hydrogens (tertiary/aromatic N) is 1. The lowest BCUT2D eigenvalue weighted by Gasteiger charge is -2.28. The maximum absolute atomic E-state index is 12.0. The van der Waals surface area contributed by atoms with E-state index in [-0.39, 0.29) is 26.1 Å². The highest BCUT2D eigenvalue weighted by atomic mass is 31.2. The van der Waals surface area contributed by atoms with E-state index in [2.05, 4.69) is 6.92 Å². The third kappa shape index (κ3) is 26.6. The molecule has 0 spiro atoms. The maximum Gasteiger partial charge on any atom is 0.305 e. The van der Waals surface area contributed by atoms with Crippen LogP contribution in [0.5, 0.6) is 0 Å². The third-order valence-electron chi connectivity index (χ3n) is 5.46. The minimum Gasteiger partial charge on any atom is -0.756 e. The van der Waals surface area contributed by atoms with Crippen LogP contribution in [-0.4, -0.2) is 64.3 Å². The molecule has 0 aliphatic heterocycles. The predicted octanol–water partition coefficient (Wildman–Crippen LogP) is 6.36. The number of rotatable bonds is 26. The van der Waals surface area contributed by atoms with Gasteiger partial charge in [0.05, 0.1) is 27.7 Å². The van der Waals surface area contributed by atoms with Gasteiger partial charge in [-0.25, -0.2) is 0 Å². The lowest BCUT2D eigenvalue weighted by Crippen LogP contribution is -2.37.